The van der Waals surface area contributed by atoms with Gasteiger partial charge in [0, 0.05) is 16.6 Å². The molecule has 0 spiro atoms. The number of nitrogens with two attached hydrogens (primary N) is 1. The summed E-state index contributed by atoms with van der Waals surface area (Å²) in [6.07, 6.45) is 1.91. The van der Waals surface area contributed by atoms with Crippen LogP contribution in [0.15, 0.2) is 54.6 Å². The fourth-order valence-electron chi connectivity index (χ4n) is 2.69. The fraction of sp³-hybridized carbons (Fsp3) is 0.350. The summed E-state index contributed by atoms with van der Waals surface area (Å²) in [4.78, 5) is 12.1. The SMILES string of the molecule is C[C@@H](CCc1ccccc1)NC(=O)C[NH2+][C@H](C)c1ccccc1Cl. The molecule has 0 bridgehead atoms. The van der Waals surface area contributed by atoms with Crippen molar-refractivity contribution >= 4 is 17.5 Å². The molecule has 1 amide bonds. The Kier molecular flexibility index (Phi) is 7.29. The van der Waals surface area contributed by atoms with Gasteiger partial charge in [0.2, 0.25) is 0 Å². The van der Waals surface area contributed by atoms with Gasteiger partial charge in [-0.2, -0.15) is 0 Å². The minimum Gasteiger partial charge on any atom is -0.349 e. The summed E-state index contributed by atoms with van der Waals surface area (Å²) in [7, 11) is 0. The molecule has 0 radical (unpaired) electrons. The van der Waals surface area contributed by atoms with E-state index in [0.717, 1.165) is 23.4 Å². The lowest BCUT2D eigenvalue weighted by Gasteiger charge is -2.15. The first kappa shape index (κ1) is 18.5. The Morgan fingerprint density at radius 3 is 2.46 bits per heavy atom. The second-order valence-corrected chi connectivity index (χ2v) is 6.65. The Morgan fingerprint density at radius 1 is 1.08 bits per heavy atom. The molecule has 0 aliphatic rings. The fourth-order valence-corrected chi connectivity index (χ4v) is 3.00. The van der Waals surface area contributed by atoms with Gasteiger partial charge in [-0.3, -0.25) is 4.79 Å². The molecule has 2 rings (SSSR count). The summed E-state index contributed by atoms with van der Waals surface area (Å²) in [6.45, 7) is 4.52. The van der Waals surface area contributed by atoms with Crippen molar-refractivity contribution in [2.75, 3.05) is 6.54 Å². The zero-order chi connectivity index (χ0) is 17.4. The first-order valence-electron chi connectivity index (χ1n) is 8.47. The van der Waals surface area contributed by atoms with E-state index in [1.54, 1.807) is 0 Å². The highest BCUT2D eigenvalue weighted by Gasteiger charge is 2.15. The first-order chi connectivity index (χ1) is 11.6. The van der Waals surface area contributed by atoms with E-state index >= 15 is 0 Å². The zero-order valence-corrected chi connectivity index (χ0v) is 15.1. The van der Waals surface area contributed by atoms with E-state index in [-0.39, 0.29) is 18.0 Å². The van der Waals surface area contributed by atoms with Gasteiger partial charge in [0.05, 0.1) is 0 Å². The number of benzene rings is 2. The topological polar surface area (TPSA) is 45.7 Å². The van der Waals surface area contributed by atoms with Gasteiger partial charge >= 0.3 is 0 Å². The van der Waals surface area contributed by atoms with Crippen LogP contribution < -0.4 is 10.6 Å². The molecular weight excluding hydrogens is 320 g/mol. The molecule has 0 aliphatic carbocycles. The van der Waals surface area contributed by atoms with Crippen molar-refractivity contribution in [1.82, 2.24) is 5.32 Å². The van der Waals surface area contributed by atoms with Gasteiger partial charge in [-0.1, -0.05) is 60.1 Å². The Hall–Kier alpha value is -1.84. The summed E-state index contributed by atoms with van der Waals surface area (Å²) < 4.78 is 0. The number of hydrogen-bond acceptors (Lipinski definition) is 1. The van der Waals surface area contributed by atoms with E-state index in [0.29, 0.717) is 6.54 Å². The van der Waals surface area contributed by atoms with Gasteiger partial charge in [0.15, 0.2) is 6.54 Å². The van der Waals surface area contributed by atoms with E-state index in [2.05, 4.69) is 31.3 Å². The smallest absolute Gasteiger partial charge is 0.275 e. The van der Waals surface area contributed by atoms with Gasteiger partial charge in [0.1, 0.15) is 6.04 Å². The normalized spacial score (nSPS) is 13.3. The molecule has 0 unspecified atom stereocenters. The van der Waals surface area contributed by atoms with Crippen molar-refractivity contribution in [3.63, 3.8) is 0 Å². The third kappa shape index (κ3) is 5.99. The lowest BCUT2D eigenvalue weighted by atomic mass is 10.1. The highest BCUT2D eigenvalue weighted by molar-refractivity contribution is 6.31. The van der Waals surface area contributed by atoms with Crippen LogP contribution in [0.5, 0.6) is 0 Å². The maximum Gasteiger partial charge on any atom is 0.275 e. The van der Waals surface area contributed by atoms with E-state index in [1.165, 1.54) is 5.56 Å². The van der Waals surface area contributed by atoms with E-state index in [9.17, 15) is 4.79 Å². The number of aryl methyl sites for hydroxylation is 1. The molecule has 3 nitrogen and oxygen atoms in total. The number of halogens is 1. The van der Waals surface area contributed by atoms with Gasteiger partial charge in [-0.15, -0.1) is 0 Å². The summed E-state index contributed by atoms with van der Waals surface area (Å²) in [6, 6.07) is 18.4. The first-order valence-corrected chi connectivity index (χ1v) is 8.85. The van der Waals surface area contributed by atoms with Crippen LogP contribution in [0.2, 0.25) is 5.02 Å². The highest BCUT2D eigenvalue weighted by Crippen LogP contribution is 2.19. The third-order valence-electron chi connectivity index (χ3n) is 4.17. The number of hydrogen-bond donors (Lipinski definition) is 2. The maximum absolute atomic E-state index is 12.1. The lowest BCUT2D eigenvalue weighted by Crippen LogP contribution is -2.87. The second kappa shape index (κ2) is 9.45. The van der Waals surface area contributed by atoms with Gasteiger partial charge in [-0.05, 0) is 38.3 Å². The van der Waals surface area contributed by atoms with Gasteiger partial charge < -0.3 is 10.6 Å². The predicted octanol–water partition coefficient (Wildman–Crippen LogP) is 3.10. The number of quaternary nitrogens is 1. The van der Waals surface area contributed by atoms with Crippen molar-refractivity contribution < 1.29 is 10.1 Å². The van der Waals surface area contributed by atoms with Crippen molar-refractivity contribution in [3.8, 4) is 0 Å². The molecule has 2 atom stereocenters. The van der Waals surface area contributed by atoms with E-state index in [4.69, 9.17) is 11.6 Å². The molecule has 3 N–H and O–H groups in total. The van der Waals surface area contributed by atoms with Crippen molar-refractivity contribution in [2.45, 2.75) is 38.8 Å². The third-order valence-corrected chi connectivity index (χ3v) is 4.51. The monoisotopic (exact) mass is 345 g/mol. The lowest BCUT2D eigenvalue weighted by molar-refractivity contribution is -0.682. The molecule has 4 heteroatoms. The van der Waals surface area contributed by atoms with Crippen LogP contribution in [-0.2, 0) is 11.2 Å². The van der Waals surface area contributed by atoms with Crippen molar-refractivity contribution in [1.29, 1.82) is 0 Å². The largest absolute Gasteiger partial charge is 0.349 e. The van der Waals surface area contributed by atoms with Crippen LogP contribution in [0.4, 0.5) is 0 Å². The molecule has 0 fully saturated rings. The van der Waals surface area contributed by atoms with E-state index in [1.807, 2.05) is 47.8 Å². The van der Waals surface area contributed by atoms with Crippen LogP contribution in [0.25, 0.3) is 0 Å². The molecule has 0 aliphatic heterocycles. The molecule has 2 aromatic rings. The number of rotatable bonds is 8. The summed E-state index contributed by atoms with van der Waals surface area (Å²) >= 11 is 6.20. The molecule has 128 valence electrons. The molecule has 0 heterocycles. The standard InChI is InChI=1S/C20H25ClN2O/c1-15(12-13-17-8-4-3-5-9-17)23-20(24)14-22-16(2)18-10-6-7-11-19(18)21/h3-11,15-16,22H,12-14H2,1-2H3,(H,23,24)/p+1/t15-,16+/m0/s1. The summed E-state index contributed by atoms with van der Waals surface area (Å²) in [5.74, 6) is 0.0643. The summed E-state index contributed by atoms with van der Waals surface area (Å²) in [5.41, 5.74) is 2.36. The van der Waals surface area contributed by atoms with Crippen molar-refractivity contribution in [3.05, 3.63) is 70.7 Å². The van der Waals surface area contributed by atoms with Crippen LogP contribution in [0.3, 0.4) is 0 Å². The van der Waals surface area contributed by atoms with E-state index < -0.39 is 0 Å². The molecular formula is C20H26ClN2O+. The van der Waals surface area contributed by atoms with Crippen LogP contribution in [0, 0.1) is 0 Å². The van der Waals surface area contributed by atoms with Crippen LogP contribution >= 0.6 is 11.6 Å². The summed E-state index contributed by atoms with van der Waals surface area (Å²) in [5, 5.41) is 5.83. The minimum atomic E-state index is 0.0643. The Labute approximate surface area is 149 Å². The Morgan fingerprint density at radius 2 is 1.75 bits per heavy atom. The molecule has 24 heavy (non-hydrogen) atoms. The van der Waals surface area contributed by atoms with Crippen LogP contribution in [-0.4, -0.2) is 18.5 Å². The molecule has 2 aromatic carbocycles. The van der Waals surface area contributed by atoms with Crippen LogP contribution in [0.1, 0.15) is 37.4 Å². The molecule has 0 saturated heterocycles. The maximum atomic E-state index is 12.1. The number of carbonyl (C=O) groups is 1. The number of nitrogens with one attached hydrogen (secondary N) is 1. The molecule has 0 saturated carbocycles. The zero-order valence-electron chi connectivity index (χ0n) is 14.3. The Balaban J connectivity index is 1.71. The highest BCUT2D eigenvalue weighted by atomic mass is 35.5. The average Bonchev–Trinajstić information content (AvgIpc) is 2.59. The van der Waals surface area contributed by atoms with Crippen molar-refractivity contribution in [2.24, 2.45) is 0 Å². The average molecular weight is 346 g/mol. The minimum absolute atomic E-state index is 0.0643. The quantitative estimate of drug-likeness (QED) is 0.758. The van der Waals surface area contributed by atoms with Gasteiger partial charge in [0.25, 0.3) is 5.91 Å². The second-order valence-electron chi connectivity index (χ2n) is 6.24. The number of carbonyl (C=O) groups excluding carboxylic acids is 1. The molecule has 0 aromatic heterocycles. The predicted molar refractivity (Wildman–Crippen MR) is 99.0 cm³/mol. The van der Waals surface area contributed by atoms with Gasteiger partial charge in [-0.25, -0.2) is 0 Å². The Bertz CT molecular complexity index is 645. The number of amides is 1.